The first-order valence-corrected chi connectivity index (χ1v) is 9.71. The van der Waals surface area contributed by atoms with Gasteiger partial charge < -0.3 is 4.90 Å². The number of benzene rings is 1. The minimum absolute atomic E-state index is 0.513. The minimum atomic E-state index is 0.513. The van der Waals surface area contributed by atoms with Crippen molar-refractivity contribution >= 4 is 36.8 Å². The molecule has 3 rings (SSSR count). The van der Waals surface area contributed by atoms with E-state index in [1.54, 1.807) is 6.20 Å². The third-order valence-corrected chi connectivity index (χ3v) is 5.13. The summed E-state index contributed by atoms with van der Waals surface area (Å²) in [4.78, 5) is 19.4. The van der Waals surface area contributed by atoms with Gasteiger partial charge >= 0.3 is 0 Å². The van der Waals surface area contributed by atoms with Crippen LogP contribution in [0.2, 0.25) is 0 Å². The summed E-state index contributed by atoms with van der Waals surface area (Å²) in [5, 5.41) is 1.91. The molecule has 26 heavy (non-hydrogen) atoms. The normalized spacial score (nSPS) is 17.8. The number of rotatable bonds is 7. The molecule has 2 aromatic rings. The molecule has 134 valence electrons. The highest BCUT2D eigenvalue weighted by Gasteiger charge is 2.23. The molecule has 1 aliphatic rings. The number of thioether (sulfide) groups is 1. The Hall–Kier alpha value is -2.47. The lowest BCUT2D eigenvalue weighted by Crippen LogP contribution is -2.35. The van der Waals surface area contributed by atoms with Crippen LogP contribution in [0.3, 0.4) is 0 Å². The largest absolute Gasteiger partial charge is 0.340 e. The van der Waals surface area contributed by atoms with Crippen LogP contribution in [-0.4, -0.2) is 42.4 Å². The summed E-state index contributed by atoms with van der Waals surface area (Å²) in [6.07, 6.45) is 4.13. The summed E-state index contributed by atoms with van der Waals surface area (Å²) in [7, 11) is 0. The summed E-state index contributed by atoms with van der Waals surface area (Å²) in [5.74, 6) is 1.85. The molecule has 0 radical (unpaired) electrons. The first-order valence-electron chi connectivity index (χ1n) is 8.66. The average molecular weight is 366 g/mol. The molecular formula is C20H23N5S. The molecule has 2 heterocycles. The monoisotopic (exact) mass is 365 g/mol. The second-order valence-electron chi connectivity index (χ2n) is 6.12. The van der Waals surface area contributed by atoms with Crippen LogP contribution in [0.15, 0.2) is 58.0 Å². The van der Waals surface area contributed by atoms with Gasteiger partial charge in [-0.05, 0) is 37.9 Å². The Labute approximate surface area is 159 Å². The van der Waals surface area contributed by atoms with Gasteiger partial charge in [0.2, 0.25) is 5.95 Å². The van der Waals surface area contributed by atoms with E-state index in [0.29, 0.717) is 11.8 Å². The highest BCUT2D eigenvalue weighted by molar-refractivity contribution is 8.02. The molecule has 1 saturated heterocycles. The van der Waals surface area contributed by atoms with Gasteiger partial charge in [-0.25, -0.2) is 9.97 Å². The number of aromatic nitrogens is 2. The fourth-order valence-corrected chi connectivity index (χ4v) is 3.68. The van der Waals surface area contributed by atoms with Crippen LogP contribution in [0.25, 0.3) is 5.70 Å². The molecular weight excluding hydrogens is 342 g/mol. The van der Waals surface area contributed by atoms with Gasteiger partial charge in [0, 0.05) is 30.6 Å². The van der Waals surface area contributed by atoms with E-state index >= 15 is 0 Å². The van der Waals surface area contributed by atoms with Crippen molar-refractivity contribution < 1.29 is 0 Å². The van der Waals surface area contributed by atoms with E-state index in [9.17, 15) is 0 Å². The molecule has 1 aliphatic heterocycles. The first-order chi connectivity index (χ1) is 12.8. The van der Waals surface area contributed by atoms with Crippen LogP contribution >= 0.6 is 11.8 Å². The van der Waals surface area contributed by atoms with Gasteiger partial charge in [-0.2, -0.15) is 0 Å². The number of hydrogen-bond donors (Lipinski definition) is 0. The Bertz CT molecular complexity index is 775. The summed E-state index contributed by atoms with van der Waals surface area (Å²) in [5.41, 5.74) is 2.90. The van der Waals surface area contributed by atoms with Gasteiger partial charge in [0.1, 0.15) is 0 Å². The van der Waals surface area contributed by atoms with E-state index in [-0.39, 0.29) is 0 Å². The predicted octanol–water partition coefficient (Wildman–Crippen LogP) is 4.25. The average Bonchev–Trinajstić information content (AvgIpc) is 2.72. The molecule has 0 amide bonds. The molecule has 1 aromatic carbocycles. The van der Waals surface area contributed by atoms with E-state index in [0.717, 1.165) is 36.8 Å². The Morgan fingerprint density at radius 2 is 2.12 bits per heavy atom. The molecule has 0 bridgehead atoms. The van der Waals surface area contributed by atoms with E-state index in [1.165, 1.54) is 23.7 Å². The van der Waals surface area contributed by atoms with Crippen molar-refractivity contribution in [3.8, 4) is 0 Å². The van der Waals surface area contributed by atoms with Crippen LogP contribution in [-0.2, 0) is 0 Å². The zero-order valence-corrected chi connectivity index (χ0v) is 15.6. The van der Waals surface area contributed by atoms with Crippen LogP contribution in [0.1, 0.15) is 30.0 Å². The van der Waals surface area contributed by atoms with Crippen molar-refractivity contribution in [3.63, 3.8) is 0 Å². The van der Waals surface area contributed by atoms with Gasteiger partial charge in [-0.3, -0.25) is 9.98 Å². The molecule has 0 spiro atoms. The molecule has 1 fully saturated rings. The van der Waals surface area contributed by atoms with Crippen molar-refractivity contribution in [2.75, 3.05) is 23.9 Å². The number of anilines is 1. The third-order valence-electron chi connectivity index (χ3n) is 4.41. The highest BCUT2D eigenvalue weighted by Crippen LogP contribution is 2.29. The number of hydrogen-bond acceptors (Lipinski definition) is 6. The summed E-state index contributed by atoms with van der Waals surface area (Å²) in [6, 6.07) is 12.6. The minimum Gasteiger partial charge on any atom is -0.340 e. The molecule has 0 aliphatic carbocycles. The second-order valence-corrected chi connectivity index (χ2v) is 6.95. The van der Waals surface area contributed by atoms with Gasteiger partial charge in [0.25, 0.3) is 0 Å². The first kappa shape index (κ1) is 18.3. The molecule has 0 saturated carbocycles. The maximum atomic E-state index is 4.73. The topological polar surface area (TPSA) is 53.7 Å². The van der Waals surface area contributed by atoms with E-state index in [2.05, 4.69) is 63.6 Å². The zero-order chi connectivity index (χ0) is 18.2. The van der Waals surface area contributed by atoms with Gasteiger partial charge in [-0.15, -0.1) is 11.8 Å². The van der Waals surface area contributed by atoms with Crippen molar-refractivity contribution in [1.82, 2.24) is 9.97 Å². The number of piperidine rings is 1. The van der Waals surface area contributed by atoms with Crippen molar-refractivity contribution in [3.05, 3.63) is 59.3 Å². The fourth-order valence-electron chi connectivity index (χ4n) is 3.15. The standard InChI is InChI=1S/C20H23N5S/c1-21-15-26-14-19(22-2)18-10-11-23-20(24-18)25-12-6-9-17(13-25)16-7-4-3-5-8-16/h3-5,7-8,10-11,14,17H,1-2,6,9,12-13,15H2/b19-14-. The smallest absolute Gasteiger partial charge is 0.225 e. The van der Waals surface area contributed by atoms with E-state index in [4.69, 9.17) is 4.98 Å². The SMILES string of the molecule is C=NCS/C=C(\N=C)c1ccnc(N2CCCC(c3ccccc3)C2)n1. The maximum Gasteiger partial charge on any atom is 0.225 e. The Morgan fingerprint density at radius 3 is 2.88 bits per heavy atom. The predicted molar refractivity (Wildman–Crippen MR) is 112 cm³/mol. The molecule has 1 aromatic heterocycles. The zero-order valence-electron chi connectivity index (χ0n) is 14.8. The third kappa shape index (κ3) is 4.58. The molecule has 1 atom stereocenters. The summed E-state index contributed by atoms with van der Waals surface area (Å²) < 4.78 is 0. The summed E-state index contributed by atoms with van der Waals surface area (Å²) in [6.45, 7) is 9.05. The van der Waals surface area contributed by atoms with E-state index in [1.807, 2.05) is 11.5 Å². The van der Waals surface area contributed by atoms with Crippen molar-refractivity contribution in [2.45, 2.75) is 18.8 Å². The van der Waals surface area contributed by atoms with Crippen molar-refractivity contribution in [1.29, 1.82) is 0 Å². The van der Waals surface area contributed by atoms with Crippen LogP contribution in [0.4, 0.5) is 5.95 Å². The Kier molecular flexibility index (Phi) is 6.55. The van der Waals surface area contributed by atoms with Crippen LogP contribution in [0.5, 0.6) is 0 Å². The van der Waals surface area contributed by atoms with Crippen molar-refractivity contribution in [2.24, 2.45) is 9.98 Å². The van der Waals surface area contributed by atoms with Crippen LogP contribution < -0.4 is 4.90 Å². The van der Waals surface area contributed by atoms with Gasteiger partial charge in [0.05, 0.1) is 17.3 Å². The van der Waals surface area contributed by atoms with Crippen LogP contribution in [0, 0.1) is 0 Å². The number of nitrogens with zero attached hydrogens (tertiary/aromatic N) is 5. The van der Waals surface area contributed by atoms with E-state index < -0.39 is 0 Å². The Morgan fingerprint density at radius 1 is 1.27 bits per heavy atom. The number of aliphatic imine (C=N–C) groups is 2. The fraction of sp³-hybridized carbons (Fsp3) is 0.300. The quantitative estimate of drug-likeness (QED) is 0.544. The molecule has 1 unspecified atom stereocenters. The molecule has 0 N–H and O–H groups in total. The summed E-state index contributed by atoms with van der Waals surface area (Å²) >= 11 is 1.52. The lowest BCUT2D eigenvalue weighted by molar-refractivity contribution is 0.503. The second kappa shape index (κ2) is 9.29. The van der Waals surface area contributed by atoms with Gasteiger partial charge in [-0.1, -0.05) is 30.3 Å². The highest BCUT2D eigenvalue weighted by atomic mass is 32.2. The Balaban J connectivity index is 1.77. The lowest BCUT2D eigenvalue weighted by Gasteiger charge is -2.33. The molecule has 5 nitrogen and oxygen atoms in total. The van der Waals surface area contributed by atoms with Gasteiger partial charge in [0.15, 0.2) is 0 Å². The molecule has 6 heteroatoms. The maximum absolute atomic E-state index is 4.73. The lowest BCUT2D eigenvalue weighted by atomic mass is 9.91.